The van der Waals surface area contributed by atoms with Gasteiger partial charge in [-0.05, 0) is 41.0 Å². The molecule has 0 radical (unpaired) electrons. The topological polar surface area (TPSA) is 6.48 Å². The molecular weight excluding hydrogens is 464 g/mol. The normalized spacial score (nSPS) is 14.7. The smallest absolute Gasteiger partial charge is 0.151 e. The summed E-state index contributed by atoms with van der Waals surface area (Å²) in [5.74, 6) is 0. The van der Waals surface area contributed by atoms with Crippen LogP contribution < -0.4 is 0 Å². The molecule has 0 aromatic heterocycles. The Morgan fingerprint density at radius 2 is 1.11 bits per heavy atom. The molecule has 1 unspecified atom stereocenters. The zero-order chi connectivity index (χ0) is 20.8. The molecule has 0 aliphatic heterocycles. The summed E-state index contributed by atoms with van der Waals surface area (Å²) in [5.41, 5.74) is -0.0171. The van der Waals surface area contributed by atoms with Crippen LogP contribution in [-0.4, -0.2) is 46.9 Å². The standard InChI is InChI=1S/C23H46Br2N2/c1-7-9-10-11-12-13-14-15-16-17-18-19-21-22(20-8-2,26(3)4)23(24,25)27(5)6/h8H,2,7,9-21H2,1,3-6H3. The molecule has 2 nitrogen and oxygen atoms in total. The number of nitrogens with zero attached hydrogens (tertiary/aromatic N) is 2. The monoisotopic (exact) mass is 508 g/mol. The van der Waals surface area contributed by atoms with E-state index in [1.165, 1.54) is 77.0 Å². The zero-order valence-electron chi connectivity index (χ0n) is 18.8. The van der Waals surface area contributed by atoms with Crippen LogP contribution in [-0.2, 0) is 0 Å². The Kier molecular flexibility index (Phi) is 15.8. The predicted molar refractivity (Wildman–Crippen MR) is 131 cm³/mol. The van der Waals surface area contributed by atoms with E-state index in [0.717, 1.165) is 12.8 Å². The van der Waals surface area contributed by atoms with Gasteiger partial charge < -0.3 is 4.90 Å². The highest BCUT2D eigenvalue weighted by atomic mass is 79.9. The van der Waals surface area contributed by atoms with Crippen LogP contribution in [0.25, 0.3) is 0 Å². The van der Waals surface area contributed by atoms with E-state index in [1.54, 1.807) is 0 Å². The molecule has 0 aromatic rings. The van der Waals surface area contributed by atoms with Crippen molar-refractivity contribution >= 4 is 31.9 Å². The van der Waals surface area contributed by atoms with E-state index in [9.17, 15) is 0 Å². The number of halogens is 2. The van der Waals surface area contributed by atoms with Gasteiger partial charge in [0.1, 0.15) is 0 Å². The van der Waals surface area contributed by atoms with Crippen LogP contribution in [0.15, 0.2) is 12.7 Å². The van der Waals surface area contributed by atoms with E-state index in [4.69, 9.17) is 0 Å². The van der Waals surface area contributed by atoms with Crippen LogP contribution in [0.4, 0.5) is 0 Å². The van der Waals surface area contributed by atoms with Crippen molar-refractivity contribution in [3.8, 4) is 0 Å². The summed E-state index contributed by atoms with van der Waals surface area (Å²) in [6.45, 7) is 6.31. The third kappa shape index (κ3) is 9.78. The highest BCUT2D eigenvalue weighted by Crippen LogP contribution is 2.47. The molecule has 1 atom stereocenters. The van der Waals surface area contributed by atoms with Crippen molar-refractivity contribution in [1.29, 1.82) is 0 Å². The molecule has 4 heteroatoms. The number of likely N-dealkylation sites (N-methyl/N-ethyl adjacent to an activating group) is 2. The second-order valence-corrected chi connectivity index (χ2v) is 11.9. The van der Waals surface area contributed by atoms with Crippen LogP contribution >= 0.6 is 31.9 Å². The molecule has 0 spiro atoms. The molecule has 0 saturated heterocycles. The molecule has 0 fully saturated rings. The highest BCUT2D eigenvalue weighted by molar-refractivity contribution is 9.25. The molecular formula is C23H46Br2N2. The fraction of sp³-hybridized carbons (Fsp3) is 0.913. The van der Waals surface area contributed by atoms with Gasteiger partial charge in [-0.15, -0.1) is 6.58 Å². The third-order valence-electron chi connectivity index (χ3n) is 5.90. The van der Waals surface area contributed by atoms with Crippen molar-refractivity contribution in [2.75, 3.05) is 28.2 Å². The van der Waals surface area contributed by atoms with Gasteiger partial charge in [0.25, 0.3) is 0 Å². The summed E-state index contributed by atoms with van der Waals surface area (Å²) in [7, 11) is 8.61. The molecule has 0 aromatic carbocycles. The summed E-state index contributed by atoms with van der Waals surface area (Å²) in [4.78, 5) is 4.58. The van der Waals surface area contributed by atoms with Crippen LogP contribution in [0.2, 0.25) is 0 Å². The van der Waals surface area contributed by atoms with Crippen molar-refractivity contribution in [3.63, 3.8) is 0 Å². The molecule has 0 amide bonds. The minimum Gasteiger partial charge on any atom is -0.300 e. The van der Waals surface area contributed by atoms with Gasteiger partial charge >= 0.3 is 0 Å². The van der Waals surface area contributed by atoms with Crippen molar-refractivity contribution in [2.24, 2.45) is 0 Å². The number of rotatable bonds is 18. The average Bonchev–Trinajstić information content (AvgIpc) is 2.61. The molecule has 0 aliphatic rings. The second kappa shape index (κ2) is 15.5. The molecule has 0 rings (SSSR count). The Bertz CT molecular complexity index is 369. The van der Waals surface area contributed by atoms with Gasteiger partial charge in [0.15, 0.2) is 3.36 Å². The van der Waals surface area contributed by atoms with Gasteiger partial charge in [-0.1, -0.05) is 122 Å². The molecule has 0 heterocycles. The quantitative estimate of drug-likeness (QED) is 0.0799. The van der Waals surface area contributed by atoms with Crippen LogP contribution in [0, 0.1) is 0 Å². The maximum absolute atomic E-state index is 4.02. The Morgan fingerprint density at radius 3 is 1.44 bits per heavy atom. The lowest BCUT2D eigenvalue weighted by atomic mass is 9.86. The average molecular weight is 510 g/mol. The Labute approximate surface area is 187 Å². The van der Waals surface area contributed by atoms with Crippen molar-refractivity contribution in [3.05, 3.63) is 12.7 Å². The van der Waals surface area contributed by atoms with Gasteiger partial charge in [-0.2, -0.15) is 0 Å². The van der Waals surface area contributed by atoms with Gasteiger partial charge in [0.2, 0.25) is 0 Å². The molecule has 0 bridgehead atoms. The summed E-state index contributed by atoms with van der Waals surface area (Å²) in [6, 6.07) is 0. The van der Waals surface area contributed by atoms with E-state index in [-0.39, 0.29) is 8.90 Å². The molecule has 0 N–H and O–H groups in total. The first kappa shape index (κ1) is 27.6. The number of hydrogen-bond donors (Lipinski definition) is 0. The summed E-state index contributed by atoms with van der Waals surface area (Å²) in [5, 5.41) is 0. The first-order valence-electron chi connectivity index (χ1n) is 11.1. The van der Waals surface area contributed by atoms with Crippen LogP contribution in [0.1, 0.15) is 96.8 Å². The van der Waals surface area contributed by atoms with Crippen molar-refractivity contribution < 1.29 is 0 Å². The summed E-state index contributed by atoms with van der Waals surface area (Å²) >= 11 is 7.92. The van der Waals surface area contributed by atoms with Gasteiger partial charge in [0, 0.05) is 0 Å². The highest BCUT2D eigenvalue weighted by Gasteiger charge is 2.50. The third-order valence-corrected chi connectivity index (χ3v) is 8.80. The molecule has 162 valence electrons. The maximum atomic E-state index is 4.02. The van der Waals surface area contributed by atoms with Gasteiger partial charge in [-0.3, -0.25) is 4.90 Å². The first-order valence-corrected chi connectivity index (χ1v) is 12.7. The Hall–Kier alpha value is 0.620. The lowest BCUT2D eigenvalue weighted by Crippen LogP contribution is -2.61. The van der Waals surface area contributed by atoms with E-state index in [2.05, 4.69) is 89.4 Å². The number of unbranched alkanes of at least 4 members (excludes halogenated alkanes) is 11. The van der Waals surface area contributed by atoms with Gasteiger partial charge in [-0.25, -0.2) is 0 Å². The van der Waals surface area contributed by atoms with E-state index < -0.39 is 0 Å². The number of hydrogen-bond acceptors (Lipinski definition) is 2. The summed E-state index contributed by atoms with van der Waals surface area (Å²) in [6.07, 6.45) is 20.9. The fourth-order valence-corrected chi connectivity index (χ4v) is 5.39. The zero-order valence-corrected chi connectivity index (χ0v) is 22.0. The largest absolute Gasteiger partial charge is 0.300 e. The van der Waals surface area contributed by atoms with Gasteiger partial charge in [0.05, 0.1) is 5.54 Å². The maximum Gasteiger partial charge on any atom is 0.151 e. The molecule has 0 aliphatic carbocycles. The SMILES string of the molecule is C=CCC(CCCCCCCCCCCCCC)(N(C)C)C(Br)(Br)N(C)C. The number of alkyl halides is 2. The van der Waals surface area contributed by atoms with Crippen molar-refractivity contribution in [2.45, 2.75) is 106 Å². The minimum atomic E-state index is -0.261. The van der Waals surface area contributed by atoms with E-state index in [0.29, 0.717) is 0 Å². The second-order valence-electron chi connectivity index (χ2n) is 8.49. The van der Waals surface area contributed by atoms with Crippen LogP contribution in [0.5, 0.6) is 0 Å². The molecule has 27 heavy (non-hydrogen) atoms. The minimum absolute atomic E-state index is 0.0171. The molecule has 0 saturated carbocycles. The predicted octanol–water partition coefficient (Wildman–Crippen LogP) is 7.96. The first-order chi connectivity index (χ1) is 12.8. The van der Waals surface area contributed by atoms with Crippen LogP contribution in [0.3, 0.4) is 0 Å². The van der Waals surface area contributed by atoms with E-state index in [1.807, 2.05) is 0 Å². The van der Waals surface area contributed by atoms with Crippen molar-refractivity contribution in [1.82, 2.24) is 9.80 Å². The lowest BCUT2D eigenvalue weighted by molar-refractivity contribution is 0.0726. The lowest BCUT2D eigenvalue weighted by Gasteiger charge is -2.51. The summed E-state index contributed by atoms with van der Waals surface area (Å²) < 4.78 is -0.261. The fourth-order valence-electron chi connectivity index (χ4n) is 3.96. The Morgan fingerprint density at radius 1 is 0.704 bits per heavy atom. The Balaban J connectivity index is 4.17. The van der Waals surface area contributed by atoms with E-state index >= 15 is 0 Å².